The average Bonchev–Trinajstić information content (AvgIpc) is 2.70. The molecule has 0 aliphatic heterocycles. The third-order valence-corrected chi connectivity index (χ3v) is 5.27. The molecule has 6 heteroatoms. The second-order valence-electron chi connectivity index (χ2n) is 8.25. The minimum atomic E-state index is -0.652. The first kappa shape index (κ1) is 23.7. The number of nitrogens with one attached hydrogen (secondary N) is 1. The average molecular weight is 431 g/mol. The molecule has 2 aromatic carbocycles. The van der Waals surface area contributed by atoms with E-state index >= 15 is 0 Å². The number of benzene rings is 2. The van der Waals surface area contributed by atoms with E-state index in [2.05, 4.69) is 26.1 Å². The number of nitrogens with zero attached hydrogens (tertiary/aromatic N) is 1. The Morgan fingerprint density at radius 1 is 1.10 bits per heavy atom. The second-order valence-corrected chi connectivity index (χ2v) is 8.65. The lowest BCUT2D eigenvalue weighted by molar-refractivity contribution is -0.142. The van der Waals surface area contributed by atoms with Crippen LogP contribution < -0.4 is 10.1 Å². The van der Waals surface area contributed by atoms with Gasteiger partial charge in [-0.2, -0.15) is 0 Å². The number of amides is 2. The summed E-state index contributed by atoms with van der Waals surface area (Å²) in [5, 5.41) is 3.32. The number of ether oxygens (including phenoxy) is 1. The zero-order valence-electron chi connectivity index (χ0n) is 18.4. The molecule has 0 fully saturated rings. The molecule has 0 heterocycles. The molecule has 162 valence electrons. The molecule has 0 saturated heterocycles. The lowest BCUT2D eigenvalue weighted by Gasteiger charge is -2.29. The fraction of sp³-hybridized carbons (Fsp3) is 0.417. The highest BCUT2D eigenvalue weighted by Gasteiger charge is 2.26. The fourth-order valence-electron chi connectivity index (χ4n) is 2.99. The van der Waals surface area contributed by atoms with E-state index in [1.165, 1.54) is 10.5 Å². The van der Waals surface area contributed by atoms with Crippen molar-refractivity contribution in [2.75, 3.05) is 13.2 Å². The summed E-state index contributed by atoms with van der Waals surface area (Å²) in [4.78, 5) is 26.9. The predicted molar refractivity (Wildman–Crippen MR) is 121 cm³/mol. The second kappa shape index (κ2) is 10.5. The lowest BCUT2D eigenvalue weighted by Crippen LogP contribution is -2.49. The SMILES string of the molecule is CCNC(=O)[C@@H](C)N(Cc1ccccc1Cl)C(=O)COc1ccc(C(C)(C)C)cc1. The molecular formula is C24H31ClN2O3. The van der Waals surface area contributed by atoms with Crippen LogP contribution in [0.15, 0.2) is 48.5 Å². The maximum absolute atomic E-state index is 13.0. The Morgan fingerprint density at radius 2 is 1.73 bits per heavy atom. The zero-order valence-corrected chi connectivity index (χ0v) is 19.1. The van der Waals surface area contributed by atoms with E-state index in [4.69, 9.17) is 16.3 Å². The van der Waals surface area contributed by atoms with E-state index in [0.29, 0.717) is 17.3 Å². The summed E-state index contributed by atoms with van der Waals surface area (Å²) in [6, 6.07) is 14.4. The van der Waals surface area contributed by atoms with Gasteiger partial charge in [0.25, 0.3) is 5.91 Å². The summed E-state index contributed by atoms with van der Waals surface area (Å²) in [6.45, 7) is 10.5. The molecular weight excluding hydrogens is 400 g/mol. The van der Waals surface area contributed by atoms with Crippen LogP contribution in [0.4, 0.5) is 0 Å². The van der Waals surface area contributed by atoms with Gasteiger partial charge in [-0.3, -0.25) is 9.59 Å². The molecule has 0 spiro atoms. The number of carbonyl (C=O) groups excluding carboxylic acids is 2. The monoisotopic (exact) mass is 430 g/mol. The maximum atomic E-state index is 13.0. The summed E-state index contributed by atoms with van der Waals surface area (Å²) >= 11 is 6.27. The van der Waals surface area contributed by atoms with E-state index in [0.717, 1.165) is 5.56 Å². The minimum absolute atomic E-state index is 0.0438. The zero-order chi connectivity index (χ0) is 22.3. The molecule has 0 aliphatic carbocycles. The van der Waals surface area contributed by atoms with Gasteiger partial charge in [-0.05, 0) is 48.6 Å². The number of hydrogen-bond donors (Lipinski definition) is 1. The van der Waals surface area contributed by atoms with Gasteiger partial charge in [-0.15, -0.1) is 0 Å². The van der Waals surface area contributed by atoms with Crippen molar-refractivity contribution in [3.8, 4) is 5.75 Å². The quantitative estimate of drug-likeness (QED) is 0.667. The lowest BCUT2D eigenvalue weighted by atomic mass is 9.87. The number of likely N-dealkylation sites (N-methyl/N-ethyl adjacent to an activating group) is 1. The molecule has 0 bridgehead atoms. The topological polar surface area (TPSA) is 58.6 Å². The van der Waals surface area contributed by atoms with E-state index in [9.17, 15) is 9.59 Å². The molecule has 2 rings (SSSR count). The van der Waals surface area contributed by atoms with Crippen molar-refractivity contribution in [3.05, 3.63) is 64.7 Å². The molecule has 1 N–H and O–H groups in total. The first-order valence-electron chi connectivity index (χ1n) is 10.2. The van der Waals surface area contributed by atoms with Gasteiger partial charge in [-0.25, -0.2) is 0 Å². The van der Waals surface area contributed by atoms with Crippen molar-refractivity contribution in [2.24, 2.45) is 0 Å². The largest absolute Gasteiger partial charge is 0.484 e. The highest BCUT2D eigenvalue weighted by atomic mass is 35.5. The summed E-state index contributed by atoms with van der Waals surface area (Å²) in [7, 11) is 0. The van der Waals surface area contributed by atoms with Crippen LogP contribution in [0.5, 0.6) is 5.75 Å². The van der Waals surface area contributed by atoms with Gasteiger partial charge in [-0.1, -0.05) is 62.7 Å². The highest BCUT2D eigenvalue weighted by Crippen LogP contribution is 2.24. The van der Waals surface area contributed by atoms with Gasteiger partial charge >= 0.3 is 0 Å². The van der Waals surface area contributed by atoms with Gasteiger partial charge < -0.3 is 15.0 Å². The van der Waals surface area contributed by atoms with Crippen LogP contribution in [0, 0.1) is 0 Å². The van der Waals surface area contributed by atoms with Crippen LogP contribution in [0.1, 0.15) is 45.7 Å². The number of halogens is 1. The number of hydrogen-bond acceptors (Lipinski definition) is 3. The summed E-state index contributed by atoms with van der Waals surface area (Å²) in [6.07, 6.45) is 0. The Kier molecular flexibility index (Phi) is 8.30. The Morgan fingerprint density at radius 3 is 2.30 bits per heavy atom. The molecule has 0 unspecified atom stereocenters. The van der Waals surface area contributed by atoms with Crippen LogP contribution in [0.25, 0.3) is 0 Å². The van der Waals surface area contributed by atoms with Crippen molar-refractivity contribution in [1.82, 2.24) is 10.2 Å². The van der Waals surface area contributed by atoms with Crippen LogP contribution in [0.3, 0.4) is 0 Å². The Balaban J connectivity index is 2.13. The van der Waals surface area contributed by atoms with Crippen molar-refractivity contribution in [3.63, 3.8) is 0 Å². The molecule has 0 aliphatic rings. The Labute approximate surface area is 184 Å². The predicted octanol–water partition coefficient (Wildman–Crippen LogP) is 4.57. The maximum Gasteiger partial charge on any atom is 0.261 e. The first-order chi connectivity index (χ1) is 14.1. The van der Waals surface area contributed by atoms with Gasteiger partial charge in [0.2, 0.25) is 5.91 Å². The van der Waals surface area contributed by atoms with E-state index in [1.54, 1.807) is 13.0 Å². The molecule has 0 radical (unpaired) electrons. The first-order valence-corrected chi connectivity index (χ1v) is 10.5. The molecule has 30 heavy (non-hydrogen) atoms. The van der Waals surface area contributed by atoms with Crippen LogP contribution in [-0.4, -0.2) is 35.9 Å². The van der Waals surface area contributed by atoms with Crippen molar-refractivity contribution >= 4 is 23.4 Å². The summed E-state index contributed by atoms with van der Waals surface area (Å²) < 4.78 is 5.72. The highest BCUT2D eigenvalue weighted by molar-refractivity contribution is 6.31. The Hall–Kier alpha value is -2.53. The van der Waals surface area contributed by atoms with Gasteiger partial charge in [0, 0.05) is 18.1 Å². The normalized spacial score (nSPS) is 12.2. The van der Waals surface area contributed by atoms with Crippen molar-refractivity contribution < 1.29 is 14.3 Å². The fourth-order valence-corrected chi connectivity index (χ4v) is 3.19. The molecule has 5 nitrogen and oxygen atoms in total. The number of rotatable bonds is 8. The summed E-state index contributed by atoms with van der Waals surface area (Å²) in [5.74, 6) is 0.112. The molecule has 0 saturated carbocycles. The number of carbonyl (C=O) groups is 2. The molecule has 0 aromatic heterocycles. The van der Waals surface area contributed by atoms with E-state index in [1.807, 2.05) is 49.4 Å². The van der Waals surface area contributed by atoms with Gasteiger partial charge in [0.1, 0.15) is 11.8 Å². The third-order valence-electron chi connectivity index (χ3n) is 4.90. The van der Waals surface area contributed by atoms with E-state index < -0.39 is 6.04 Å². The molecule has 1 atom stereocenters. The van der Waals surface area contributed by atoms with Crippen molar-refractivity contribution in [2.45, 2.75) is 52.6 Å². The van der Waals surface area contributed by atoms with E-state index in [-0.39, 0.29) is 30.4 Å². The van der Waals surface area contributed by atoms with Gasteiger partial charge in [0.15, 0.2) is 6.61 Å². The van der Waals surface area contributed by atoms with Crippen LogP contribution >= 0.6 is 11.6 Å². The van der Waals surface area contributed by atoms with Crippen LogP contribution in [0.2, 0.25) is 5.02 Å². The van der Waals surface area contributed by atoms with Crippen molar-refractivity contribution in [1.29, 1.82) is 0 Å². The standard InChI is InChI=1S/C24H31ClN2O3/c1-6-26-23(29)17(2)27(15-18-9-7-8-10-21(18)25)22(28)16-30-20-13-11-19(12-14-20)24(3,4)5/h7-14,17H,6,15-16H2,1-5H3,(H,26,29)/t17-/m1/s1. The summed E-state index contributed by atoms with van der Waals surface area (Å²) in [5.41, 5.74) is 2.01. The third kappa shape index (κ3) is 6.49. The molecule has 2 amide bonds. The van der Waals surface area contributed by atoms with Crippen LogP contribution in [-0.2, 0) is 21.5 Å². The Bertz CT molecular complexity index is 859. The minimum Gasteiger partial charge on any atom is -0.484 e. The molecule has 2 aromatic rings. The van der Waals surface area contributed by atoms with Gasteiger partial charge in [0.05, 0.1) is 0 Å². The smallest absolute Gasteiger partial charge is 0.261 e.